The van der Waals surface area contributed by atoms with E-state index in [0.717, 1.165) is 0 Å². The second kappa shape index (κ2) is 4.86. The smallest absolute Gasteiger partial charge is 0.146 e. The third kappa shape index (κ3) is 2.82. The summed E-state index contributed by atoms with van der Waals surface area (Å²) in [4.78, 5) is 1.99. The van der Waals surface area contributed by atoms with Gasteiger partial charge in [0.25, 0.3) is 0 Å². The summed E-state index contributed by atoms with van der Waals surface area (Å²) < 4.78 is 19.7. The van der Waals surface area contributed by atoms with Crippen LogP contribution >= 0.6 is 0 Å². The van der Waals surface area contributed by atoms with Crippen molar-refractivity contribution in [1.82, 2.24) is 0 Å². The lowest BCUT2D eigenvalue weighted by Gasteiger charge is -2.39. The number of hydrogen-bond donors (Lipinski definition) is 1. The minimum Gasteiger partial charge on any atom is -0.389 e. The van der Waals surface area contributed by atoms with E-state index in [4.69, 9.17) is 4.74 Å². The lowest BCUT2D eigenvalue weighted by Crippen LogP contribution is -2.48. The molecule has 0 amide bonds. The summed E-state index contributed by atoms with van der Waals surface area (Å²) in [6, 6.07) is 4.91. The van der Waals surface area contributed by atoms with Gasteiger partial charge >= 0.3 is 0 Å². The molecule has 1 aromatic rings. The highest BCUT2D eigenvalue weighted by Gasteiger charge is 2.28. The van der Waals surface area contributed by atoms with E-state index in [2.05, 4.69) is 0 Å². The molecular weight excluding hydrogens is 233 g/mol. The minimum atomic E-state index is -0.644. The zero-order chi connectivity index (χ0) is 13.3. The molecule has 3 nitrogen and oxygen atoms in total. The molecule has 1 atom stereocenters. The molecular formula is C14H20FNO2. The third-order valence-electron chi connectivity index (χ3n) is 3.22. The Balaban J connectivity index is 2.23. The van der Waals surface area contributed by atoms with Crippen molar-refractivity contribution >= 4 is 5.69 Å². The first-order valence-corrected chi connectivity index (χ1v) is 6.25. The summed E-state index contributed by atoms with van der Waals surface area (Å²) in [6.45, 7) is 7.59. The Labute approximate surface area is 107 Å². The molecule has 1 saturated heterocycles. The maximum atomic E-state index is 14.1. The van der Waals surface area contributed by atoms with Crippen LogP contribution in [0.2, 0.25) is 0 Å². The number of morpholine rings is 1. The Morgan fingerprint density at radius 1 is 1.44 bits per heavy atom. The monoisotopic (exact) mass is 253 g/mol. The van der Waals surface area contributed by atoms with Gasteiger partial charge in [-0.25, -0.2) is 4.39 Å². The molecule has 4 heteroatoms. The van der Waals surface area contributed by atoms with Crippen molar-refractivity contribution in [2.45, 2.75) is 32.5 Å². The molecule has 18 heavy (non-hydrogen) atoms. The van der Waals surface area contributed by atoms with Crippen LogP contribution in [0.3, 0.4) is 0 Å². The van der Waals surface area contributed by atoms with Crippen molar-refractivity contribution in [1.29, 1.82) is 0 Å². The largest absolute Gasteiger partial charge is 0.389 e. The zero-order valence-electron chi connectivity index (χ0n) is 11.1. The van der Waals surface area contributed by atoms with Crippen molar-refractivity contribution in [3.8, 4) is 0 Å². The SMILES string of the molecule is C[C@H](O)c1ccc(N2CCOC(C)(C)C2)c(F)c1. The molecule has 1 N–H and O–H groups in total. The van der Waals surface area contributed by atoms with Crippen molar-refractivity contribution < 1.29 is 14.2 Å². The van der Waals surface area contributed by atoms with Gasteiger partial charge in [0.1, 0.15) is 5.82 Å². The Morgan fingerprint density at radius 2 is 2.17 bits per heavy atom. The van der Waals surface area contributed by atoms with Gasteiger partial charge in [-0.3, -0.25) is 0 Å². The van der Waals surface area contributed by atoms with Crippen LogP contribution < -0.4 is 4.90 Å². The van der Waals surface area contributed by atoms with E-state index in [0.29, 0.717) is 30.9 Å². The van der Waals surface area contributed by atoms with E-state index >= 15 is 0 Å². The predicted octanol–water partition coefficient (Wildman–Crippen LogP) is 2.49. The van der Waals surface area contributed by atoms with Crippen LogP contribution in [-0.2, 0) is 4.74 Å². The topological polar surface area (TPSA) is 32.7 Å². The predicted molar refractivity (Wildman–Crippen MR) is 69.3 cm³/mol. The molecule has 100 valence electrons. The molecule has 0 aromatic heterocycles. The van der Waals surface area contributed by atoms with Crippen LogP contribution in [0.25, 0.3) is 0 Å². The van der Waals surface area contributed by atoms with Gasteiger partial charge in [-0.15, -0.1) is 0 Å². The highest BCUT2D eigenvalue weighted by Crippen LogP contribution is 2.27. The number of aliphatic hydroxyl groups excluding tert-OH is 1. The van der Waals surface area contributed by atoms with E-state index in [-0.39, 0.29) is 11.4 Å². The molecule has 0 unspecified atom stereocenters. The molecule has 1 heterocycles. The Hall–Kier alpha value is -1.13. The maximum absolute atomic E-state index is 14.1. The number of benzene rings is 1. The summed E-state index contributed by atoms with van der Waals surface area (Å²) in [5.74, 6) is -0.286. The molecule has 0 saturated carbocycles. The molecule has 0 bridgehead atoms. The van der Waals surface area contributed by atoms with Crippen LogP contribution in [0.4, 0.5) is 10.1 Å². The first-order chi connectivity index (χ1) is 8.39. The van der Waals surface area contributed by atoms with Gasteiger partial charge < -0.3 is 14.7 Å². The minimum absolute atomic E-state index is 0.256. The molecule has 1 fully saturated rings. The fraction of sp³-hybridized carbons (Fsp3) is 0.571. The number of ether oxygens (including phenoxy) is 1. The van der Waals surface area contributed by atoms with Crippen LogP contribution in [0.1, 0.15) is 32.4 Å². The van der Waals surface area contributed by atoms with E-state index in [1.165, 1.54) is 6.07 Å². The number of halogens is 1. The average molecular weight is 253 g/mol. The second-order valence-corrected chi connectivity index (χ2v) is 5.42. The van der Waals surface area contributed by atoms with Crippen LogP contribution in [-0.4, -0.2) is 30.4 Å². The van der Waals surface area contributed by atoms with Gasteiger partial charge in [0.15, 0.2) is 0 Å². The maximum Gasteiger partial charge on any atom is 0.146 e. The van der Waals surface area contributed by atoms with Crippen LogP contribution in [0.15, 0.2) is 18.2 Å². The van der Waals surface area contributed by atoms with Gasteiger partial charge in [-0.05, 0) is 38.5 Å². The van der Waals surface area contributed by atoms with E-state index in [1.807, 2.05) is 18.7 Å². The average Bonchev–Trinajstić information content (AvgIpc) is 2.27. The Bertz CT molecular complexity index is 432. The summed E-state index contributed by atoms with van der Waals surface area (Å²) in [5.41, 5.74) is 0.924. The van der Waals surface area contributed by atoms with E-state index < -0.39 is 6.10 Å². The van der Waals surface area contributed by atoms with Crippen molar-refractivity contribution in [2.24, 2.45) is 0 Å². The van der Waals surface area contributed by atoms with Gasteiger partial charge in [0.05, 0.1) is 24.0 Å². The van der Waals surface area contributed by atoms with Gasteiger partial charge in [-0.1, -0.05) is 6.07 Å². The number of anilines is 1. The highest BCUT2D eigenvalue weighted by molar-refractivity contribution is 5.50. The standard InChI is InChI=1S/C14H20FNO2/c1-10(17)11-4-5-13(12(15)8-11)16-6-7-18-14(2,3)9-16/h4-5,8,10,17H,6-7,9H2,1-3H3/t10-/m0/s1. The highest BCUT2D eigenvalue weighted by atomic mass is 19.1. The lowest BCUT2D eigenvalue weighted by atomic mass is 10.1. The van der Waals surface area contributed by atoms with Crippen LogP contribution in [0.5, 0.6) is 0 Å². The first kappa shape index (κ1) is 13.3. The molecule has 0 radical (unpaired) electrons. The summed E-state index contributed by atoms with van der Waals surface area (Å²) in [5, 5.41) is 9.43. The fourth-order valence-electron chi connectivity index (χ4n) is 2.26. The lowest BCUT2D eigenvalue weighted by molar-refractivity contribution is -0.0278. The molecule has 1 aliphatic rings. The summed E-state index contributed by atoms with van der Waals surface area (Å²) >= 11 is 0. The van der Waals surface area contributed by atoms with Crippen molar-refractivity contribution in [2.75, 3.05) is 24.6 Å². The van der Waals surface area contributed by atoms with E-state index in [1.54, 1.807) is 19.1 Å². The van der Waals surface area contributed by atoms with Crippen molar-refractivity contribution in [3.05, 3.63) is 29.6 Å². The third-order valence-corrected chi connectivity index (χ3v) is 3.22. The Morgan fingerprint density at radius 3 is 2.72 bits per heavy atom. The number of aliphatic hydroxyl groups is 1. The van der Waals surface area contributed by atoms with Gasteiger partial charge in [-0.2, -0.15) is 0 Å². The summed E-state index contributed by atoms with van der Waals surface area (Å²) in [6.07, 6.45) is -0.644. The quantitative estimate of drug-likeness (QED) is 0.879. The molecule has 1 aromatic carbocycles. The van der Waals surface area contributed by atoms with Crippen molar-refractivity contribution in [3.63, 3.8) is 0 Å². The molecule has 2 rings (SSSR count). The normalized spacial score (nSPS) is 20.8. The number of hydrogen-bond acceptors (Lipinski definition) is 3. The van der Waals surface area contributed by atoms with E-state index in [9.17, 15) is 9.50 Å². The van der Waals surface area contributed by atoms with Gasteiger partial charge in [0.2, 0.25) is 0 Å². The summed E-state index contributed by atoms with van der Waals surface area (Å²) in [7, 11) is 0. The molecule has 0 spiro atoms. The van der Waals surface area contributed by atoms with Crippen LogP contribution in [0, 0.1) is 5.82 Å². The number of nitrogens with zero attached hydrogens (tertiary/aromatic N) is 1. The zero-order valence-corrected chi connectivity index (χ0v) is 11.1. The molecule has 1 aliphatic heterocycles. The fourth-order valence-corrected chi connectivity index (χ4v) is 2.26. The first-order valence-electron chi connectivity index (χ1n) is 6.25. The Kier molecular flexibility index (Phi) is 3.59. The number of rotatable bonds is 2. The van der Waals surface area contributed by atoms with Gasteiger partial charge in [0, 0.05) is 13.1 Å². The molecule has 0 aliphatic carbocycles. The second-order valence-electron chi connectivity index (χ2n) is 5.42.